The molecule has 104 valence electrons. The Balaban J connectivity index is 2.25. The predicted molar refractivity (Wildman–Crippen MR) is 90.6 cm³/mol. The Morgan fingerprint density at radius 3 is 2.25 bits per heavy atom. The van der Waals surface area contributed by atoms with E-state index in [1.165, 1.54) is 0 Å². The summed E-state index contributed by atoms with van der Waals surface area (Å²) < 4.78 is 0.994. The third kappa shape index (κ3) is 3.60. The summed E-state index contributed by atoms with van der Waals surface area (Å²) in [5.74, 6) is 0.0915. The van der Waals surface area contributed by atoms with Crippen LogP contribution in [0.15, 0.2) is 54.6 Å². The first-order valence-electron chi connectivity index (χ1n) is 6.69. The number of halogens is 1. The van der Waals surface area contributed by atoms with E-state index in [2.05, 4.69) is 48.6 Å². The molecule has 0 bridgehead atoms. The molecule has 0 aromatic heterocycles. The molecule has 1 amide bonds. The van der Waals surface area contributed by atoms with Gasteiger partial charge in [-0.05, 0) is 54.1 Å². The van der Waals surface area contributed by atoms with Gasteiger partial charge >= 0.3 is 0 Å². The SMILES string of the molecule is CC(C)N(Cc1ccccc1)C(=O)c1ccccc1I. The summed E-state index contributed by atoms with van der Waals surface area (Å²) in [7, 11) is 0. The third-order valence-electron chi connectivity index (χ3n) is 3.18. The van der Waals surface area contributed by atoms with E-state index in [1.54, 1.807) is 0 Å². The maximum absolute atomic E-state index is 12.7. The van der Waals surface area contributed by atoms with Crippen molar-refractivity contribution in [3.8, 4) is 0 Å². The molecule has 0 aliphatic rings. The van der Waals surface area contributed by atoms with E-state index in [1.807, 2.05) is 47.4 Å². The van der Waals surface area contributed by atoms with Crippen LogP contribution in [0.4, 0.5) is 0 Å². The molecule has 2 aromatic rings. The standard InChI is InChI=1S/C17H18INO/c1-13(2)19(12-14-8-4-3-5-9-14)17(20)15-10-6-7-11-16(15)18/h3-11,13H,12H2,1-2H3. The van der Waals surface area contributed by atoms with Crippen molar-refractivity contribution >= 4 is 28.5 Å². The van der Waals surface area contributed by atoms with Crippen LogP contribution < -0.4 is 0 Å². The largest absolute Gasteiger partial charge is 0.332 e. The molecule has 3 heteroatoms. The molecule has 2 nitrogen and oxygen atoms in total. The van der Waals surface area contributed by atoms with E-state index in [9.17, 15) is 4.79 Å². The normalized spacial score (nSPS) is 10.6. The Hall–Kier alpha value is -1.36. The van der Waals surface area contributed by atoms with Crippen LogP contribution in [0.3, 0.4) is 0 Å². The third-order valence-corrected chi connectivity index (χ3v) is 4.12. The summed E-state index contributed by atoms with van der Waals surface area (Å²) in [6, 6.07) is 18.0. The van der Waals surface area contributed by atoms with Gasteiger partial charge in [0.2, 0.25) is 0 Å². The van der Waals surface area contributed by atoms with Gasteiger partial charge in [-0.25, -0.2) is 0 Å². The van der Waals surface area contributed by atoms with Gasteiger partial charge in [0, 0.05) is 16.2 Å². The van der Waals surface area contributed by atoms with Crippen molar-refractivity contribution in [3.63, 3.8) is 0 Å². The maximum Gasteiger partial charge on any atom is 0.255 e. The Kier molecular flexibility index (Phi) is 5.17. The van der Waals surface area contributed by atoms with Gasteiger partial charge in [0.05, 0.1) is 5.56 Å². The summed E-state index contributed by atoms with van der Waals surface area (Å²) in [5, 5.41) is 0. The number of benzene rings is 2. The lowest BCUT2D eigenvalue weighted by Crippen LogP contribution is -2.36. The topological polar surface area (TPSA) is 20.3 Å². The zero-order valence-electron chi connectivity index (χ0n) is 11.7. The van der Waals surface area contributed by atoms with Crippen LogP contribution in [0.5, 0.6) is 0 Å². The van der Waals surface area contributed by atoms with Crippen LogP contribution in [-0.4, -0.2) is 16.8 Å². The lowest BCUT2D eigenvalue weighted by atomic mass is 10.1. The van der Waals surface area contributed by atoms with Gasteiger partial charge in [-0.2, -0.15) is 0 Å². The summed E-state index contributed by atoms with van der Waals surface area (Å²) in [5.41, 5.74) is 1.93. The van der Waals surface area contributed by atoms with Crippen molar-refractivity contribution in [2.45, 2.75) is 26.4 Å². The van der Waals surface area contributed by atoms with Crippen LogP contribution in [0.1, 0.15) is 29.8 Å². The number of hydrogen-bond donors (Lipinski definition) is 0. The Morgan fingerprint density at radius 2 is 1.65 bits per heavy atom. The monoisotopic (exact) mass is 379 g/mol. The summed E-state index contributed by atoms with van der Waals surface area (Å²) in [6.45, 7) is 4.75. The minimum Gasteiger partial charge on any atom is -0.332 e. The highest BCUT2D eigenvalue weighted by atomic mass is 127. The fourth-order valence-electron chi connectivity index (χ4n) is 2.06. The lowest BCUT2D eigenvalue weighted by molar-refractivity contribution is 0.0689. The zero-order valence-corrected chi connectivity index (χ0v) is 13.9. The van der Waals surface area contributed by atoms with Gasteiger partial charge in [0.25, 0.3) is 5.91 Å². The van der Waals surface area contributed by atoms with Crippen LogP contribution in [0.25, 0.3) is 0 Å². The van der Waals surface area contributed by atoms with E-state index < -0.39 is 0 Å². The first-order chi connectivity index (χ1) is 9.59. The molecule has 0 N–H and O–H groups in total. The Labute approximate surface area is 133 Å². The molecule has 2 aromatic carbocycles. The Morgan fingerprint density at radius 1 is 1.05 bits per heavy atom. The molecule has 0 fully saturated rings. The van der Waals surface area contributed by atoms with Gasteiger partial charge in [-0.3, -0.25) is 4.79 Å². The second-order valence-corrected chi connectivity index (χ2v) is 6.15. The summed E-state index contributed by atoms with van der Waals surface area (Å²) in [4.78, 5) is 14.6. The fourth-order valence-corrected chi connectivity index (χ4v) is 2.68. The zero-order chi connectivity index (χ0) is 14.5. The smallest absolute Gasteiger partial charge is 0.255 e. The number of rotatable bonds is 4. The van der Waals surface area contributed by atoms with Crippen LogP contribution in [-0.2, 0) is 6.54 Å². The number of nitrogens with zero attached hydrogens (tertiary/aromatic N) is 1. The molecule has 20 heavy (non-hydrogen) atoms. The number of hydrogen-bond acceptors (Lipinski definition) is 1. The molecule has 0 saturated heterocycles. The van der Waals surface area contributed by atoms with Crippen molar-refractivity contribution in [1.29, 1.82) is 0 Å². The van der Waals surface area contributed by atoms with Gasteiger partial charge in [-0.15, -0.1) is 0 Å². The average molecular weight is 379 g/mol. The molecule has 0 heterocycles. The molecule has 0 unspecified atom stereocenters. The van der Waals surface area contributed by atoms with Crippen molar-refractivity contribution < 1.29 is 4.79 Å². The first kappa shape index (κ1) is 15.0. The van der Waals surface area contributed by atoms with Crippen LogP contribution >= 0.6 is 22.6 Å². The average Bonchev–Trinajstić information content (AvgIpc) is 2.45. The highest BCUT2D eigenvalue weighted by Gasteiger charge is 2.20. The highest BCUT2D eigenvalue weighted by Crippen LogP contribution is 2.17. The second kappa shape index (κ2) is 6.88. The van der Waals surface area contributed by atoms with E-state index in [-0.39, 0.29) is 11.9 Å². The van der Waals surface area contributed by atoms with Crippen molar-refractivity contribution in [2.24, 2.45) is 0 Å². The molecule has 0 spiro atoms. The van der Waals surface area contributed by atoms with Crippen molar-refractivity contribution in [1.82, 2.24) is 4.90 Å². The lowest BCUT2D eigenvalue weighted by Gasteiger charge is -2.27. The Bertz CT molecular complexity index is 581. The van der Waals surface area contributed by atoms with E-state index in [0.717, 1.165) is 14.7 Å². The predicted octanol–water partition coefficient (Wildman–Crippen LogP) is 4.34. The molecule has 0 aliphatic heterocycles. The number of carbonyl (C=O) groups excluding carboxylic acids is 1. The summed E-state index contributed by atoms with van der Waals surface area (Å²) >= 11 is 2.22. The van der Waals surface area contributed by atoms with Gasteiger partial charge in [0.15, 0.2) is 0 Å². The van der Waals surface area contributed by atoms with E-state index in [4.69, 9.17) is 0 Å². The molecule has 0 saturated carbocycles. The van der Waals surface area contributed by atoms with Crippen molar-refractivity contribution in [3.05, 3.63) is 69.3 Å². The van der Waals surface area contributed by atoms with Crippen LogP contribution in [0.2, 0.25) is 0 Å². The molecular weight excluding hydrogens is 361 g/mol. The fraction of sp³-hybridized carbons (Fsp3) is 0.235. The summed E-state index contributed by atoms with van der Waals surface area (Å²) in [6.07, 6.45) is 0. The van der Waals surface area contributed by atoms with E-state index in [0.29, 0.717) is 6.54 Å². The quantitative estimate of drug-likeness (QED) is 0.724. The minimum absolute atomic E-state index is 0.0915. The number of amides is 1. The molecule has 2 rings (SSSR count). The molecular formula is C17H18INO. The van der Waals surface area contributed by atoms with Crippen molar-refractivity contribution in [2.75, 3.05) is 0 Å². The highest BCUT2D eigenvalue weighted by molar-refractivity contribution is 14.1. The molecule has 0 aliphatic carbocycles. The van der Waals surface area contributed by atoms with E-state index >= 15 is 0 Å². The number of carbonyl (C=O) groups is 1. The molecule has 0 atom stereocenters. The van der Waals surface area contributed by atoms with Crippen LogP contribution in [0, 0.1) is 3.57 Å². The minimum atomic E-state index is 0.0915. The second-order valence-electron chi connectivity index (χ2n) is 4.99. The van der Waals surface area contributed by atoms with Gasteiger partial charge < -0.3 is 4.90 Å². The first-order valence-corrected chi connectivity index (χ1v) is 7.77. The maximum atomic E-state index is 12.7. The van der Waals surface area contributed by atoms with Gasteiger partial charge in [-0.1, -0.05) is 42.5 Å². The van der Waals surface area contributed by atoms with Gasteiger partial charge in [0.1, 0.15) is 0 Å². The molecule has 0 radical (unpaired) electrons.